The molecule has 0 bridgehead atoms. The number of ether oxygens (including phenoxy) is 2. The van der Waals surface area contributed by atoms with Crippen LogP contribution in [0.2, 0.25) is 0 Å². The molecule has 0 spiro atoms. The summed E-state index contributed by atoms with van der Waals surface area (Å²) in [6.45, 7) is 2.18. The van der Waals surface area contributed by atoms with Gasteiger partial charge in [0.1, 0.15) is 5.78 Å². The average Bonchev–Trinajstić information content (AvgIpc) is 2.60. The van der Waals surface area contributed by atoms with Gasteiger partial charge in [-0.15, -0.1) is 0 Å². The van der Waals surface area contributed by atoms with Crippen LogP contribution >= 0.6 is 0 Å². The Morgan fingerprint density at radius 3 is 2.60 bits per heavy atom. The van der Waals surface area contributed by atoms with Crippen LogP contribution in [0.4, 0.5) is 0 Å². The zero-order chi connectivity index (χ0) is 11.3. The van der Waals surface area contributed by atoms with Crippen molar-refractivity contribution in [3.05, 3.63) is 0 Å². The number of ketones is 1. The molecule has 0 aromatic heterocycles. The third-order valence-electron chi connectivity index (χ3n) is 3.33. The maximum atomic E-state index is 11.7. The molecule has 0 amide bonds. The molecule has 0 radical (unpaired) electrons. The molecule has 3 nitrogen and oxygen atoms in total. The summed E-state index contributed by atoms with van der Waals surface area (Å²) < 4.78 is 10.4. The van der Waals surface area contributed by atoms with Crippen molar-refractivity contribution in [2.24, 2.45) is 11.8 Å². The molecule has 1 saturated carbocycles. The fraction of sp³-hybridized carbons (Fsp3) is 0.917. The van der Waals surface area contributed by atoms with Crippen LogP contribution in [0.25, 0.3) is 0 Å². The lowest BCUT2D eigenvalue weighted by atomic mass is 9.90. The van der Waals surface area contributed by atoms with Gasteiger partial charge in [0, 0.05) is 20.6 Å². The van der Waals surface area contributed by atoms with Crippen molar-refractivity contribution in [3.8, 4) is 0 Å². The Morgan fingerprint density at radius 2 is 2.07 bits per heavy atom. The van der Waals surface area contributed by atoms with Gasteiger partial charge in [-0.05, 0) is 18.8 Å². The fourth-order valence-electron chi connectivity index (χ4n) is 2.49. The van der Waals surface area contributed by atoms with Crippen LogP contribution in [-0.2, 0) is 14.3 Å². The maximum absolute atomic E-state index is 11.7. The largest absolute Gasteiger partial charge is 0.355 e. The molecule has 2 atom stereocenters. The first kappa shape index (κ1) is 12.7. The van der Waals surface area contributed by atoms with Crippen LogP contribution in [0.5, 0.6) is 0 Å². The molecule has 0 aromatic carbocycles. The molecule has 0 aromatic rings. The predicted octanol–water partition coefficient (Wildman–Crippen LogP) is 2.39. The number of carbonyl (C=O) groups is 1. The summed E-state index contributed by atoms with van der Waals surface area (Å²) in [7, 11) is 3.22. The third-order valence-corrected chi connectivity index (χ3v) is 3.33. The topological polar surface area (TPSA) is 35.5 Å². The molecule has 1 aliphatic rings. The molecule has 0 aliphatic heterocycles. The van der Waals surface area contributed by atoms with Gasteiger partial charge >= 0.3 is 0 Å². The minimum Gasteiger partial charge on any atom is -0.355 e. The molecular weight excluding hydrogens is 192 g/mol. The minimum atomic E-state index is -0.346. The van der Waals surface area contributed by atoms with Crippen LogP contribution < -0.4 is 0 Å². The van der Waals surface area contributed by atoms with Gasteiger partial charge in [0.25, 0.3) is 0 Å². The van der Waals surface area contributed by atoms with Crippen molar-refractivity contribution in [3.63, 3.8) is 0 Å². The van der Waals surface area contributed by atoms with E-state index in [1.807, 2.05) is 0 Å². The highest BCUT2D eigenvalue weighted by atomic mass is 16.7. The molecule has 15 heavy (non-hydrogen) atoms. The number of Topliss-reactive ketones (excluding diaryl/α,β-unsaturated/α-hetero) is 1. The monoisotopic (exact) mass is 214 g/mol. The Kier molecular flexibility index (Phi) is 5.26. The molecule has 2 unspecified atom stereocenters. The first-order chi connectivity index (χ1) is 7.24. The van der Waals surface area contributed by atoms with E-state index in [1.165, 1.54) is 12.8 Å². The van der Waals surface area contributed by atoms with Gasteiger partial charge in [-0.1, -0.05) is 19.8 Å². The highest BCUT2D eigenvalue weighted by Crippen LogP contribution is 2.36. The first-order valence-corrected chi connectivity index (χ1v) is 5.82. The van der Waals surface area contributed by atoms with Gasteiger partial charge < -0.3 is 9.47 Å². The normalized spacial score (nSPS) is 26.5. The molecule has 3 heteroatoms. The number of hydrogen-bond acceptors (Lipinski definition) is 3. The van der Waals surface area contributed by atoms with Crippen LogP contribution in [0, 0.1) is 11.8 Å². The summed E-state index contributed by atoms with van der Waals surface area (Å²) in [5.74, 6) is 0.735. The van der Waals surface area contributed by atoms with Crippen molar-refractivity contribution in [2.75, 3.05) is 14.2 Å². The van der Waals surface area contributed by atoms with Gasteiger partial charge in [0.15, 0.2) is 6.29 Å². The van der Waals surface area contributed by atoms with Gasteiger partial charge in [0.05, 0.1) is 5.92 Å². The SMILES string of the molecule is CCCCC1CCC(=O)C1C(OC)OC. The molecule has 0 N–H and O–H groups in total. The van der Waals surface area contributed by atoms with Gasteiger partial charge in [-0.2, -0.15) is 0 Å². The van der Waals surface area contributed by atoms with Crippen LogP contribution in [-0.4, -0.2) is 26.3 Å². The van der Waals surface area contributed by atoms with Gasteiger partial charge in [-0.3, -0.25) is 4.79 Å². The van der Waals surface area contributed by atoms with E-state index in [9.17, 15) is 4.79 Å². The van der Waals surface area contributed by atoms with Gasteiger partial charge in [0.2, 0.25) is 0 Å². The zero-order valence-corrected chi connectivity index (χ0v) is 9.99. The highest BCUT2D eigenvalue weighted by molar-refractivity contribution is 5.83. The van der Waals surface area contributed by atoms with E-state index in [4.69, 9.17) is 9.47 Å². The van der Waals surface area contributed by atoms with Crippen LogP contribution in [0.1, 0.15) is 39.0 Å². The van der Waals surface area contributed by atoms with Crippen molar-refractivity contribution < 1.29 is 14.3 Å². The molecule has 88 valence electrons. The van der Waals surface area contributed by atoms with Crippen molar-refractivity contribution in [2.45, 2.75) is 45.3 Å². The Hall–Kier alpha value is -0.410. The van der Waals surface area contributed by atoms with Crippen molar-refractivity contribution in [1.82, 2.24) is 0 Å². The Labute approximate surface area is 92.1 Å². The molecular formula is C12H22O3. The predicted molar refractivity (Wildman–Crippen MR) is 58.6 cm³/mol. The third kappa shape index (κ3) is 3.02. The van der Waals surface area contributed by atoms with Gasteiger partial charge in [-0.25, -0.2) is 0 Å². The minimum absolute atomic E-state index is 0.0356. The Morgan fingerprint density at radius 1 is 1.40 bits per heavy atom. The molecule has 0 heterocycles. The highest BCUT2D eigenvalue weighted by Gasteiger charge is 2.40. The Bertz CT molecular complexity index is 199. The second-order valence-corrected chi connectivity index (χ2v) is 4.27. The lowest BCUT2D eigenvalue weighted by Gasteiger charge is -2.25. The standard InChI is InChI=1S/C12H22O3/c1-4-5-6-9-7-8-10(13)11(9)12(14-2)15-3/h9,11-12H,4-8H2,1-3H3. The average molecular weight is 214 g/mol. The lowest BCUT2D eigenvalue weighted by Crippen LogP contribution is -2.32. The van der Waals surface area contributed by atoms with Crippen LogP contribution in [0.15, 0.2) is 0 Å². The number of carbonyl (C=O) groups excluding carboxylic acids is 1. The number of methoxy groups -OCH3 is 2. The fourth-order valence-corrected chi connectivity index (χ4v) is 2.49. The van der Waals surface area contributed by atoms with E-state index in [0.717, 1.165) is 12.8 Å². The molecule has 1 aliphatic carbocycles. The smallest absolute Gasteiger partial charge is 0.166 e. The maximum Gasteiger partial charge on any atom is 0.166 e. The summed E-state index contributed by atoms with van der Waals surface area (Å²) in [6, 6.07) is 0. The lowest BCUT2D eigenvalue weighted by molar-refractivity contribution is -0.158. The second kappa shape index (κ2) is 6.23. The molecule has 1 fully saturated rings. The zero-order valence-electron chi connectivity index (χ0n) is 9.99. The Balaban J connectivity index is 2.58. The quantitative estimate of drug-likeness (QED) is 0.637. The van der Waals surface area contributed by atoms with E-state index in [0.29, 0.717) is 18.1 Å². The van der Waals surface area contributed by atoms with E-state index in [-0.39, 0.29) is 12.2 Å². The van der Waals surface area contributed by atoms with Crippen molar-refractivity contribution >= 4 is 5.78 Å². The summed E-state index contributed by atoms with van der Waals surface area (Å²) >= 11 is 0. The first-order valence-electron chi connectivity index (χ1n) is 5.82. The van der Waals surface area contributed by atoms with Crippen molar-refractivity contribution in [1.29, 1.82) is 0 Å². The van der Waals surface area contributed by atoms with E-state index in [1.54, 1.807) is 14.2 Å². The number of rotatable bonds is 6. The van der Waals surface area contributed by atoms with E-state index in [2.05, 4.69) is 6.92 Å². The van der Waals surface area contributed by atoms with Crippen LogP contribution in [0.3, 0.4) is 0 Å². The summed E-state index contributed by atoms with van der Waals surface area (Å²) in [5.41, 5.74) is 0. The number of unbranched alkanes of at least 4 members (excludes halogenated alkanes) is 1. The molecule has 0 saturated heterocycles. The summed E-state index contributed by atoms with van der Waals surface area (Å²) in [6.07, 6.45) is 4.85. The second-order valence-electron chi connectivity index (χ2n) is 4.27. The summed E-state index contributed by atoms with van der Waals surface area (Å²) in [5, 5.41) is 0. The summed E-state index contributed by atoms with van der Waals surface area (Å²) in [4.78, 5) is 11.7. The molecule has 1 rings (SSSR count). The van der Waals surface area contributed by atoms with E-state index >= 15 is 0 Å². The van der Waals surface area contributed by atoms with E-state index < -0.39 is 0 Å². The number of hydrogen-bond donors (Lipinski definition) is 0.